The fourth-order valence-corrected chi connectivity index (χ4v) is 1.46. The number of hydrogen-bond acceptors (Lipinski definition) is 4. The molecule has 0 bridgehead atoms. The van der Waals surface area contributed by atoms with Gasteiger partial charge in [-0.25, -0.2) is 9.97 Å². The molecule has 88 valence electrons. The monoisotopic (exact) mass is 229 g/mol. The van der Waals surface area contributed by atoms with E-state index in [1.54, 1.807) is 6.20 Å². The molecule has 1 aromatic carbocycles. The van der Waals surface area contributed by atoms with Gasteiger partial charge in [0.25, 0.3) is 0 Å². The summed E-state index contributed by atoms with van der Waals surface area (Å²) in [4.78, 5) is 8.50. The molecular formula is C13H15N3O. The van der Waals surface area contributed by atoms with Crippen molar-refractivity contribution >= 4 is 5.82 Å². The van der Waals surface area contributed by atoms with Crippen molar-refractivity contribution in [2.75, 3.05) is 12.3 Å². The number of rotatable bonds is 3. The van der Waals surface area contributed by atoms with E-state index in [4.69, 9.17) is 10.5 Å². The minimum Gasteiger partial charge on any atom is -0.494 e. The molecule has 1 heterocycles. The van der Waals surface area contributed by atoms with Gasteiger partial charge in [-0.05, 0) is 38.1 Å². The average Bonchev–Trinajstić information content (AvgIpc) is 2.34. The van der Waals surface area contributed by atoms with Gasteiger partial charge in [-0.15, -0.1) is 0 Å². The van der Waals surface area contributed by atoms with Gasteiger partial charge in [0.1, 0.15) is 11.6 Å². The molecule has 2 rings (SSSR count). The van der Waals surface area contributed by atoms with Crippen LogP contribution in [0.5, 0.6) is 5.75 Å². The second kappa shape index (κ2) is 4.82. The van der Waals surface area contributed by atoms with E-state index in [-0.39, 0.29) is 0 Å². The number of benzene rings is 1. The van der Waals surface area contributed by atoms with E-state index < -0.39 is 0 Å². The lowest BCUT2D eigenvalue weighted by atomic mass is 10.2. The SMILES string of the molecule is CCOc1ccc(-c2ncc(C)c(N)n2)cc1. The molecule has 0 radical (unpaired) electrons. The second-order valence-electron chi connectivity index (χ2n) is 3.72. The van der Waals surface area contributed by atoms with Crippen LogP contribution in [0.2, 0.25) is 0 Å². The van der Waals surface area contributed by atoms with Crippen molar-refractivity contribution in [3.63, 3.8) is 0 Å². The van der Waals surface area contributed by atoms with Gasteiger partial charge in [-0.3, -0.25) is 0 Å². The molecule has 4 heteroatoms. The van der Waals surface area contributed by atoms with Crippen LogP contribution in [0.3, 0.4) is 0 Å². The lowest BCUT2D eigenvalue weighted by Crippen LogP contribution is -1.98. The molecule has 0 aliphatic carbocycles. The van der Waals surface area contributed by atoms with E-state index in [1.807, 2.05) is 38.1 Å². The van der Waals surface area contributed by atoms with Crippen LogP contribution in [0, 0.1) is 6.92 Å². The van der Waals surface area contributed by atoms with Crippen LogP contribution in [0.4, 0.5) is 5.82 Å². The molecule has 0 aliphatic heterocycles. The minimum absolute atomic E-state index is 0.517. The van der Waals surface area contributed by atoms with Crippen molar-refractivity contribution in [2.24, 2.45) is 0 Å². The Morgan fingerprint density at radius 1 is 1.24 bits per heavy atom. The number of anilines is 1. The maximum absolute atomic E-state index is 5.76. The number of aromatic nitrogens is 2. The molecule has 0 unspecified atom stereocenters. The van der Waals surface area contributed by atoms with E-state index in [0.717, 1.165) is 16.9 Å². The summed E-state index contributed by atoms with van der Waals surface area (Å²) in [6.45, 7) is 4.50. The summed E-state index contributed by atoms with van der Waals surface area (Å²) in [5, 5.41) is 0. The first-order valence-electron chi connectivity index (χ1n) is 5.53. The van der Waals surface area contributed by atoms with Gasteiger partial charge >= 0.3 is 0 Å². The predicted octanol–water partition coefficient (Wildman–Crippen LogP) is 2.43. The second-order valence-corrected chi connectivity index (χ2v) is 3.72. The Kier molecular flexibility index (Phi) is 3.23. The molecule has 0 fully saturated rings. The van der Waals surface area contributed by atoms with E-state index in [2.05, 4.69) is 9.97 Å². The lowest BCUT2D eigenvalue weighted by Gasteiger charge is -2.05. The topological polar surface area (TPSA) is 61.0 Å². The number of ether oxygens (including phenoxy) is 1. The zero-order valence-electron chi connectivity index (χ0n) is 9.97. The molecule has 0 saturated heterocycles. The van der Waals surface area contributed by atoms with Gasteiger partial charge in [-0.2, -0.15) is 0 Å². The van der Waals surface area contributed by atoms with Crippen LogP contribution in [0.1, 0.15) is 12.5 Å². The summed E-state index contributed by atoms with van der Waals surface area (Å²) in [7, 11) is 0. The van der Waals surface area contributed by atoms with Crippen LogP contribution in [-0.2, 0) is 0 Å². The van der Waals surface area contributed by atoms with Gasteiger partial charge in [0.2, 0.25) is 0 Å². The highest BCUT2D eigenvalue weighted by atomic mass is 16.5. The summed E-state index contributed by atoms with van der Waals surface area (Å²) in [5.74, 6) is 2.00. The zero-order chi connectivity index (χ0) is 12.3. The van der Waals surface area contributed by atoms with Gasteiger partial charge in [0.15, 0.2) is 5.82 Å². The van der Waals surface area contributed by atoms with Crippen molar-refractivity contribution in [1.29, 1.82) is 0 Å². The van der Waals surface area contributed by atoms with Crippen LogP contribution in [0.15, 0.2) is 30.5 Å². The number of aryl methyl sites for hydroxylation is 1. The zero-order valence-corrected chi connectivity index (χ0v) is 9.97. The smallest absolute Gasteiger partial charge is 0.161 e. The molecule has 2 aromatic rings. The Labute approximate surface area is 100 Å². The number of nitrogens with zero attached hydrogens (tertiary/aromatic N) is 2. The molecule has 0 saturated carbocycles. The summed E-state index contributed by atoms with van der Waals surface area (Å²) >= 11 is 0. The van der Waals surface area contributed by atoms with Crippen molar-refractivity contribution in [2.45, 2.75) is 13.8 Å². The van der Waals surface area contributed by atoms with Gasteiger partial charge in [0, 0.05) is 17.3 Å². The Balaban J connectivity index is 2.30. The quantitative estimate of drug-likeness (QED) is 0.878. The largest absolute Gasteiger partial charge is 0.494 e. The minimum atomic E-state index is 0.517. The van der Waals surface area contributed by atoms with Gasteiger partial charge in [0.05, 0.1) is 6.61 Å². The van der Waals surface area contributed by atoms with Crippen LogP contribution >= 0.6 is 0 Å². The highest BCUT2D eigenvalue weighted by molar-refractivity contribution is 5.58. The Bertz CT molecular complexity index is 509. The lowest BCUT2D eigenvalue weighted by molar-refractivity contribution is 0.340. The van der Waals surface area contributed by atoms with Crippen molar-refractivity contribution in [1.82, 2.24) is 9.97 Å². The number of nitrogens with two attached hydrogens (primary N) is 1. The number of nitrogen functional groups attached to an aromatic ring is 1. The summed E-state index contributed by atoms with van der Waals surface area (Å²) in [6, 6.07) is 7.65. The third kappa shape index (κ3) is 2.53. The highest BCUT2D eigenvalue weighted by Crippen LogP contribution is 2.20. The standard InChI is InChI=1S/C13H15N3O/c1-3-17-11-6-4-10(5-7-11)13-15-8-9(2)12(14)16-13/h4-8H,3H2,1-2H3,(H2,14,15,16). The molecular weight excluding hydrogens is 214 g/mol. The van der Waals surface area contributed by atoms with Crippen molar-refractivity contribution < 1.29 is 4.74 Å². The molecule has 2 N–H and O–H groups in total. The first kappa shape index (κ1) is 11.4. The fraction of sp³-hybridized carbons (Fsp3) is 0.231. The molecule has 1 aromatic heterocycles. The third-order valence-electron chi connectivity index (χ3n) is 2.43. The fourth-order valence-electron chi connectivity index (χ4n) is 1.46. The maximum Gasteiger partial charge on any atom is 0.161 e. The molecule has 0 spiro atoms. The van der Waals surface area contributed by atoms with Crippen LogP contribution in [0.25, 0.3) is 11.4 Å². The van der Waals surface area contributed by atoms with E-state index in [1.165, 1.54) is 0 Å². The van der Waals surface area contributed by atoms with Gasteiger partial charge < -0.3 is 10.5 Å². The first-order valence-corrected chi connectivity index (χ1v) is 5.53. The normalized spacial score (nSPS) is 10.2. The van der Waals surface area contributed by atoms with Gasteiger partial charge in [-0.1, -0.05) is 0 Å². The Hall–Kier alpha value is -2.10. The summed E-state index contributed by atoms with van der Waals surface area (Å²) in [5.41, 5.74) is 7.58. The summed E-state index contributed by atoms with van der Waals surface area (Å²) in [6.07, 6.45) is 1.73. The highest BCUT2D eigenvalue weighted by Gasteiger charge is 2.03. The molecule has 0 atom stereocenters. The van der Waals surface area contributed by atoms with Crippen LogP contribution in [-0.4, -0.2) is 16.6 Å². The van der Waals surface area contributed by atoms with Crippen molar-refractivity contribution in [3.05, 3.63) is 36.0 Å². The van der Waals surface area contributed by atoms with Crippen LogP contribution < -0.4 is 10.5 Å². The molecule has 17 heavy (non-hydrogen) atoms. The number of hydrogen-bond donors (Lipinski definition) is 1. The van der Waals surface area contributed by atoms with E-state index in [0.29, 0.717) is 18.2 Å². The van der Waals surface area contributed by atoms with Crippen molar-refractivity contribution in [3.8, 4) is 17.1 Å². The third-order valence-corrected chi connectivity index (χ3v) is 2.43. The molecule has 0 aliphatic rings. The van der Waals surface area contributed by atoms with E-state index >= 15 is 0 Å². The van der Waals surface area contributed by atoms with E-state index in [9.17, 15) is 0 Å². The molecule has 0 amide bonds. The Morgan fingerprint density at radius 3 is 2.53 bits per heavy atom. The first-order chi connectivity index (χ1) is 8.20. The average molecular weight is 229 g/mol. The predicted molar refractivity (Wildman–Crippen MR) is 67.8 cm³/mol. The maximum atomic E-state index is 5.76. The Morgan fingerprint density at radius 2 is 1.94 bits per heavy atom. The summed E-state index contributed by atoms with van der Waals surface area (Å²) < 4.78 is 5.37. The molecule has 4 nitrogen and oxygen atoms in total.